The molecule has 2 aromatic carbocycles. The maximum Gasteiger partial charge on any atom is 0.405 e. The van der Waals surface area contributed by atoms with Gasteiger partial charge in [0.15, 0.2) is 11.5 Å². The van der Waals surface area contributed by atoms with Crippen LogP contribution < -0.4 is 20.1 Å². The molecule has 0 bridgehead atoms. The summed E-state index contributed by atoms with van der Waals surface area (Å²) in [4.78, 5) is 28.1. The molecule has 1 aliphatic heterocycles. The summed E-state index contributed by atoms with van der Waals surface area (Å²) in [5, 5.41) is 0. The van der Waals surface area contributed by atoms with Crippen molar-refractivity contribution in [2.45, 2.75) is 12.5 Å². The number of ether oxygens (including phenoxy) is 3. The third-order valence-electron chi connectivity index (χ3n) is 5.15. The summed E-state index contributed by atoms with van der Waals surface area (Å²) in [5.74, 6) is 1.27. The largest absolute Gasteiger partial charge is 0.493 e. The van der Waals surface area contributed by atoms with Crippen LogP contribution in [-0.2, 0) is 9.53 Å². The second kappa shape index (κ2) is 9.87. The van der Waals surface area contributed by atoms with Crippen LogP contribution in [0.2, 0.25) is 0 Å². The van der Waals surface area contributed by atoms with Gasteiger partial charge >= 0.3 is 6.09 Å². The number of benzene rings is 2. The minimum atomic E-state index is -0.894. The Morgan fingerprint density at radius 1 is 0.967 bits per heavy atom. The third-order valence-corrected chi connectivity index (χ3v) is 5.15. The van der Waals surface area contributed by atoms with E-state index in [4.69, 9.17) is 19.9 Å². The highest BCUT2D eigenvalue weighted by atomic mass is 16.6. The second-order valence-corrected chi connectivity index (χ2v) is 6.95. The fourth-order valence-corrected chi connectivity index (χ4v) is 3.56. The molecule has 0 radical (unpaired) electrons. The molecule has 8 nitrogen and oxygen atoms in total. The Kier molecular flexibility index (Phi) is 7.00. The number of nitrogens with two attached hydrogens (primary N) is 1. The second-order valence-electron chi connectivity index (χ2n) is 6.95. The number of hydrogen-bond donors (Lipinski definition) is 1. The number of carbonyl (C=O) groups excluding carboxylic acids is 2. The molecule has 2 aromatic rings. The summed E-state index contributed by atoms with van der Waals surface area (Å²) in [7, 11) is 3.21. The van der Waals surface area contributed by atoms with Crippen LogP contribution in [-0.4, -0.2) is 57.3 Å². The van der Waals surface area contributed by atoms with Crippen molar-refractivity contribution >= 4 is 17.7 Å². The van der Waals surface area contributed by atoms with Gasteiger partial charge in [0.2, 0.25) is 5.91 Å². The number of primary amides is 1. The van der Waals surface area contributed by atoms with Crippen molar-refractivity contribution in [1.82, 2.24) is 4.90 Å². The molecular formula is C22H27N3O5. The first-order chi connectivity index (χ1) is 14.5. The van der Waals surface area contributed by atoms with Gasteiger partial charge in [-0.25, -0.2) is 4.79 Å². The minimum Gasteiger partial charge on any atom is -0.493 e. The quantitative estimate of drug-likeness (QED) is 0.750. The van der Waals surface area contributed by atoms with Crippen molar-refractivity contribution in [3.8, 4) is 11.5 Å². The van der Waals surface area contributed by atoms with Gasteiger partial charge in [0.05, 0.1) is 20.6 Å². The van der Waals surface area contributed by atoms with Crippen molar-refractivity contribution in [3.05, 3.63) is 54.1 Å². The Balaban J connectivity index is 1.61. The fraction of sp³-hybridized carbons (Fsp3) is 0.364. The molecule has 1 fully saturated rings. The zero-order valence-corrected chi connectivity index (χ0v) is 17.2. The third kappa shape index (κ3) is 5.14. The molecule has 3 rings (SSSR count). The summed E-state index contributed by atoms with van der Waals surface area (Å²) in [6, 6.07) is 14.9. The zero-order valence-electron chi connectivity index (χ0n) is 17.2. The highest BCUT2D eigenvalue weighted by molar-refractivity contribution is 5.78. The Morgan fingerprint density at radius 2 is 1.63 bits per heavy atom. The van der Waals surface area contributed by atoms with Crippen molar-refractivity contribution in [2.24, 2.45) is 5.73 Å². The van der Waals surface area contributed by atoms with Gasteiger partial charge in [0.25, 0.3) is 0 Å². The molecule has 1 saturated heterocycles. The van der Waals surface area contributed by atoms with E-state index in [1.54, 1.807) is 19.1 Å². The van der Waals surface area contributed by atoms with Crippen LogP contribution in [0.25, 0.3) is 0 Å². The molecule has 0 aromatic heterocycles. The van der Waals surface area contributed by atoms with E-state index >= 15 is 0 Å². The Bertz CT molecular complexity index is 866. The maximum atomic E-state index is 12.8. The van der Waals surface area contributed by atoms with Crippen LogP contribution in [0.1, 0.15) is 18.1 Å². The van der Waals surface area contributed by atoms with Gasteiger partial charge in [-0.2, -0.15) is 0 Å². The number of rotatable bonds is 7. The topological polar surface area (TPSA) is 94.3 Å². The van der Waals surface area contributed by atoms with E-state index in [9.17, 15) is 9.59 Å². The van der Waals surface area contributed by atoms with Gasteiger partial charge < -0.3 is 29.7 Å². The van der Waals surface area contributed by atoms with Gasteiger partial charge in [-0.3, -0.25) is 4.79 Å². The van der Waals surface area contributed by atoms with Crippen LogP contribution in [0.15, 0.2) is 48.5 Å². The van der Waals surface area contributed by atoms with Crippen molar-refractivity contribution in [2.75, 3.05) is 45.3 Å². The highest BCUT2D eigenvalue weighted by Crippen LogP contribution is 2.32. The number of hydrogen-bond acceptors (Lipinski definition) is 6. The lowest BCUT2D eigenvalue weighted by molar-refractivity contribution is -0.133. The van der Waals surface area contributed by atoms with E-state index in [1.807, 2.05) is 48.5 Å². The summed E-state index contributed by atoms with van der Waals surface area (Å²) in [6.07, 6.45) is -1.53. The van der Waals surface area contributed by atoms with E-state index in [0.29, 0.717) is 37.7 Å². The molecule has 2 N–H and O–H groups in total. The maximum absolute atomic E-state index is 12.8. The molecule has 1 aliphatic rings. The van der Waals surface area contributed by atoms with E-state index in [0.717, 1.165) is 11.3 Å². The van der Waals surface area contributed by atoms with Crippen LogP contribution in [0, 0.1) is 0 Å². The van der Waals surface area contributed by atoms with E-state index in [1.165, 1.54) is 0 Å². The lowest BCUT2D eigenvalue weighted by Gasteiger charge is -2.36. The highest BCUT2D eigenvalue weighted by Gasteiger charge is 2.26. The Hall–Kier alpha value is -3.42. The van der Waals surface area contributed by atoms with E-state index in [2.05, 4.69) is 4.90 Å². The average Bonchev–Trinajstić information content (AvgIpc) is 2.78. The molecule has 0 saturated carbocycles. The van der Waals surface area contributed by atoms with Gasteiger partial charge in [0, 0.05) is 37.9 Å². The predicted octanol–water partition coefficient (Wildman–Crippen LogP) is 2.58. The number of anilines is 1. The van der Waals surface area contributed by atoms with Gasteiger partial charge in [-0.15, -0.1) is 0 Å². The summed E-state index contributed by atoms with van der Waals surface area (Å²) in [6.45, 7) is 2.53. The smallest absolute Gasteiger partial charge is 0.405 e. The molecule has 1 atom stereocenters. The molecule has 0 spiro atoms. The fourth-order valence-electron chi connectivity index (χ4n) is 3.56. The Labute approximate surface area is 176 Å². The lowest BCUT2D eigenvalue weighted by atomic mass is 10.1. The van der Waals surface area contributed by atoms with Crippen molar-refractivity contribution < 1.29 is 23.8 Å². The zero-order chi connectivity index (χ0) is 21.5. The average molecular weight is 413 g/mol. The first-order valence-corrected chi connectivity index (χ1v) is 9.77. The van der Waals surface area contributed by atoms with Crippen LogP contribution >= 0.6 is 0 Å². The number of piperazine rings is 1. The van der Waals surface area contributed by atoms with Crippen molar-refractivity contribution in [1.29, 1.82) is 0 Å². The molecule has 1 heterocycles. The number of methoxy groups -OCH3 is 2. The standard InChI is InChI=1S/C22H27N3O5/c1-28-18-9-8-17(14-20(18)29-2)24-10-12-25(13-11-24)21(26)15-19(30-22(23)27)16-6-4-3-5-7-16/h3-9,14,19H,10-13,15H2,1-2H3,(H2,23,27)/t19-/m0/s1. The van der Waals surface area contributed by atoms with Crippen LogP contribution in [0.4, 0.5) is 10.5 Å². The lowest BCUT2D eigenvalue weighted by Crippen LogP contribution is -2.49. The normalized spacial score (nSPS) is 14.7. The molecule has 30 heavy (non-hydrogen) atoms. The minimum absolute atomic E-state index is 0.0588. The number of carbonyl (C=O) groups is 2. The number of amides is 2. The first-order valence-electron chi connectivity index (χ1n) is 9.77. The van der Waals surface area contributed by atoms with E-state index < -0.39 is 12.2 Å². The molecule has 0 aliphatic carbocycles. The van der Waals surface area contributed by atoms with Gasteiger partial charge in [0.1, 0.15) is 6.10 Å². The van der Waals surface area contributed by atoms with Crippen LogP contribution in [0.5, 0.6) is 11.5 Å². The molecular weight excluding hydrogens is 386 g/mol. The van der Waals surface area contributed by atoms with Crippen molar-refractivity contribution in [3.63, 3.8) is 0 Å². The summed E-state index contributed by atoms with van der Waals surface area (Å²) >= 11 is 0. The van der Waals surface area contributed by atoms with E-state index in [-0.39, 0.29) is 12.3 Å². The molecule has 8 heteroatoms. The predicted molar refractivity (Wildman–Crippen MR) is 113 cm³/mol. The number of nitrogens with zero attached hydrogens (tertiary/aromatic N) is 2. The molecule has 0 unspecified atom stereocenters. The summed E-state index contributed by atoms with van der Waals surface area (Å²) in [5.41, 5.74) is 6.96. The van der Waals surface area contributed by atoms with Gasteiger partial charge in [-0.1, -0.05) is 30.3 Å². The molecule has 160 valence electrons. The monoisotopic (exact) mass is 413 g/mol. The molecule has 2 amide bonds. The summed E-state index contributed by atoms with van der Waals surface area (Å²) < 4.78 is 15.9. The van der Waals surface area contributed by atoms with Crippen LogP contribution in [0.3, 0.4) is 0 Å². The first kappa shape index (κ1) is 21.3. The van der Waals surface area contributed by atoms with Gasteiger partial charge in [-0.05, 0) is 17.7 Å². The Morgan fingerprint density at radius 3 is 2.23 bits per heavy atom. The SMILES string of the molecule is COc1ccc(N2CCN(C(=O)C[C@H](OC(N)=O)c3ccccc3)CC2)cc1OC.